The average Bonchev–Trinajstić information content (AvgIpc) is 2.98. The fraction of sp³-hybridized carbons (Fsp3) is 0.182. The Labute approximate surface area is 167 Å². The molecule has 4 aromatic rings. The van der Waals surface area contributed by atoms with Gasteiger partial charge in [-0.2, -0.15) is 0 Å². The largest absolute Gasteiger partial charge is 0.329 e. The number of imidazole rings is 1. The summed E-state index contributed by atoms with van der Waals surface area (Å²) in [5.74, 6) is -0.0784. The smallest absolute Gasteiger partial charge is 0.300 e. The average molecular weight is 391 g/mol. The Hall–Kier alpha value is -2.99. The van der Waals surface area contributed by atoms with Crippen LogP contribution in [-0.2, 0) is 17.9 Å². The van der Waals surface area contributed by atoms with Crippen molar-refractivity contribution >= 4 is 39.7 Å². The number of fused-ring (bicyclic) bond motifs is 2. The highest BCUT2D eigenvalue weighted by Gasteiger charge is 2.15. The molecular formula is C22H21N3O2S. The summed E-state index contributed by atoms with van der Waals surface area (Å²) in [6.45, 7) is 0.846. The number of carbonyl (C=O) groups is 1. The molecule has 6 heteroatoms. The third kappa shape index (κ3) is 3.43. The second-order valence-electron chi connectivity index (χ2n) is 6.63. The molecule has 3 aromatic carbocycles. The first-order valence-electron chi connectivity index (χ1n) is 9.15. The monoisotopic (exact) mass is 391 g/mol. The summed E-state index contributed by atoms with van der Waals surface area (Å²) in [5, 5.41) is 2.30. The molecule has 0 atom stereocenters. The first-order valence-corrected chi connectivity index (χ1v) is 10.4. The molecule has 0 bridgehead atoms. The molecule has 0 unspecified atom stereocenters. The summed E-state index contributed by atoms with van der Waals surface area (Å²) in [7, 11) is 0. The van der Waals surface area contributed by atoms with E-state index in [1.807, 2.05) is 42.5 Å². The van der Waals surface area contributed by atoms with Gasteiger partial charge in [-0.05, 0) is 28.5 Å². The minimum Gasteiger partial charge on any atom is -0.300 e. The van der Waals surface area contributed by atoms with Crippen LogP contribution in [-0.4, -0.2) is 21.3 Å². The summed E-state index contributed by atoms with van der Waals surface area (Å²) in [4.78, 5) is 25.0. The SMILES string of the molecule is CSNC(=O)CCn1c(=O)n(Cc2cccc3ccccc23)c2ccccc21. The van der Waals surface area contributed by atoms with Crippen LogP contribution in [0, 0.1) is 0 Å². The van der Waals surface area contributed by atoms with E-state index in [2.05, 4.69) is 29.0 Å². The number of benzene rings is 3. The standard InChI is InChI=1S/C22H21N3O2S/c1-28-23-21(26)13-14-24-19-11-4-5-12-20(19)25(22(24)27)15-17-9-6-8-16-7-2-3-10-18(16)17/h2-12H,13-15H2,1H3,(H,23,26). The Bertz CT molecular complexity index is 1200. The molecule has 0 saturated heterocycles. The van der Waals surface area contributed by atoms with Gasteiger partial charge in [0.15, 0.2) is 0 Å². The molecule has 0 aliphatic heterocycles. The van der Waals surface area contributed by atoms with Crippen LogP contribution in [0.3, 0.4) is 0 Å². The van der Waals surface area contributed by atoms with Crippen LogP contribution in [0.1, 0.15) is 12.0 Å². The number of rotatable bonds is 6. The minimum absolute atomic E-state index is 0.0784. The number of aryl methyl sites for hydroxylation is 1. The fourth-order valence-corrected chi connectivity index (χ4v) is 3.95. The van der Waals surface area contributed by atoms with Crippen molar-refractivity contribution in [3.05, 3.63) is 82.8 Å². The van der Waals surface area contributed by atoms with Crippen molar-refractivity contribution in [2.24, 2.45) is 0 Å². The van der Waals surface area contributed by atoms with E-state index in [4.69, 9.17) is 0 Å². The lowest BCUT2D eigenvalue weighted by Crippen LogP contribution is -2.27. The van der Waals surface area contributed by atoms with E-state index in [0.29, 0.717) is 13.1 Å². The van der Waals surface area contributed by atoms with E-state index < -0.39 is 0 Å². The van der Waals surface area contributed by atoms with Gasteiger partial charge in [0.25, 0.3) is 0 Å². The number of hydrogen-bond donors (Lipinski definition) is 1. The van der Waals surface area contributed by atoms with Gasteiger partial charge in [-0.15, -0.1) is 0 Å². The molecule has 0 aliphatic rings. The highest BCUT2D eigenvalue weighted by molar-refractivity contribution is 7.97. The van der Waals surface area contributed by atoms with Crippen molar-refractivity contribution in [2.45, 2.75) is 19.5 Å². The van der Waals surface area contributed by atoms with Crippen molar-refractivity contribution in [3.8, 4) is 0 Å². The summed E-state index contributed by atoms with van der Waals surface area (Å²) >= 11 is 1.27. The Morgan fingerprint density at radius 1 is 0.929 bits per heavy atom. The molecule has 0 spiro atoms. The summed E-state index contributed by atoms with van der Waals surface area (Å²) in [5.41, 5.74) is 2.74. The van der Waals surface area contributed by atoms with Gasteiger partial charge in [-0.25, -0.2) is 4.79 Å². The zero-order valence-electron chi connectivity index (χ0n) is 15.6. The maximum atomic E-state index is 13.2. The van der Waals surface area contributed by atoms with E-state index in [-0.39, 0.29) is 18.0 Å². The van der Waals surface area contributed by atoms with Crippen LogP contribution < -0.4 is 10.4 Å². The molecule has 5 nitrogen and oxygen atoms in total. The molecule has 142 valence electrons. The van der Waals surface area contributed by atoms with Gasteiger partial charge in [0, 0.05) is 19.2 Å². The molecule has 0 saturated carbocycles. The van der Waals surface area contributed by atoms with Crippen molar-refractivity contribution in [3.63, 3.8) is 0 Å². The minimum atomic E-state index is -0.0916. The van der Waals surface area contributed by atoms with E-state index in [9.17, 15) is 9.59 Å². The number of nitrogens with zero attached hydrogens (tertiary/aromatic N) is 2. The van der Waals surface area contributed by atoms with Gasteiger partial charge in [0.2, 0.25) is 5.91 Å². The first-order chi connectivity index (χ1) is 13.7. The number of para-hydroxylation sites is 2. The van der Waals surface area contributed by atoms with E-state index >= 15 is 0 Å². The molecule has 1 heterocycles. The zero-order valence-corrected chi connectivity index (χ0v) is 16.4. The number of amides is 1. The van der Waals surface area contributed by atoms with Crippen LogP contribution in [0.4, 0.5) is 0 Å². The molecule has 0 aliphatic carbocycles. The van der Waals surface area contributed by atoms with Crippen LogP contribution >= 0.6 is 11.9 Å². The Kier molecular flexibility index (Phi) is 5.21. The van der Waals surface area contributed by atoms with Gasteiger partial charge < -0.3 is 4.72 Å². The van der Waals surface area contributed by atoms with Gasteiger partial charge in [-0.1, -0.05) is 66.5 Å². The zero-order chi connectivity index (χ0) is 19.5. The lowest BCUT2D eigenvalue weighted by molar-refractivity contribution is -0.119. The molecule has 1 N–H and O–H groups in total. The van der Waals surface area contributed by atoms with Crippen molar-refractivity contribution in [1.82, 2.24) is 13.9 Å². The van der Waals surface area contributed by atoms with Crippen LogP contribution in [0.2, 0.25) is 0 Å². The second-order valence-corrected chi connectivity index (χ2v) is 7.24. The van der Waals surface area contributed by atoms with Crippen molar-refractivity contribution in [1.29, 1.82) is 0 Å². The second kappa shape index (κ2) is 7.94. The van der Waals surface area contributed by atoms with Gasteiger partial charge in [-0.3, -0.25) is 13.9 Å². The van der Waals surface area contributed by atoms with Crippen LogP contribution in [0.5, 0.6) is 0 Å². The number of hydrogen-bond acceptors (Lipinski definition) is 3. The third-order valence-corrected chi connectivity index (χ3v) is 5.34. The Balaban J connectivity index is 1.76. The van der Waals surface area contributed by atoms with Crippen LogP contribution in [0.15, 0.2) is 71.5 Å². The van der Waals surface area contributed by atoms with Gasteiger partial charge in [0.1, 0.15) is 0 Å². The van der Waals surface area contributed by atoms with E-state index in [0.717, 1.165) is 27.4 Å². The highest BCUT2D eigenvalue weighted by atomic mass is 32.2. The lowest BCUT2D eigenvalue weighted by atomic mass is 10.0. The Morgan fingerprint density at radius 2 is 1.61 bits per heavy atom. The third-order valence-electron chi connectivity index (χ3n) is 4.91. The van der Waals surface area contributed by atoms with E-state index in [1.165, 1.54) is 11.9 Å². The molecule has 1 aromatic heterocycles. The van der Waals surface area contributed by atoms with Gasteiger partial charge >= 0.3 is 5.69 Å². The molecule has 0 fully saturated rings. The fourth-order valence-electron chi connectivity index (χ4n) is 3.62. The van der Waals surface area contributed by atoms with Gasteiger partial charge in [0.05, 0.1) is 17.6 Å². The number of carbonyl (C=O) groups excluding carboxylic acids is 1. The molecule has 28 heavy (non-hydrogen) atoms. The molecule has 0 radical (unpaired) electrons. The predicted octanol–water partition coefficient (Wildman–Crippen LogP) is 3.79. The normalized spacial score (nSPS) is 11.2. The van der Waals surface area contributed by atoms with Crippen LogP contribution in [0.25, 0.3) is 21.8 Å². The van der Waals surface area contributed by atoms with Crippen molar-refractivity contribution < 1.29 is 4.79 Å². The molecular weight excluding hydrogens is 370 g/mol. The number of nitrogens with one attached hydrogen (secondary N) is 1. The summed E-state index contributed by atoms with van der Waals surface area (Å²) in [6.07, 6.45) is 2.07. The Morgan fingerprint density at radius 3 is 2.39 bits per heavy atom. The molecule has 4 rings (SSSR count). The molecule has 1 amide bonds. The topological polar surface area (TPSA) is 56.0 Å². The highest BCUT2D eigenvalue weighted by Crippen LogP contribution is 2.21. The maximum absolute atomic E-state index is 13.2. The first kappa shape index (κ1) is 18.4. The van der Waals surface area contributed by atoms with E-state index in [1.54, 1.807) is 15.4 Å². The van der Waals surface area contributed by atoms with Crippen molar-refractivity contribution in [2.75, 3.05) is 6.26 Å². The lowest BCUT2D eigenvalue weighted by Gasteiger charge is -2.08. The summed E-state index contributed by atoms with van der Waals surface area (Å²) in [6, 6.07) is 22.1. The number of aromatic nitrogens is 2. The quantitative estimate of drug-likeness (QED) is 0.509. The predicted molar refractivity (Wildman–Crippen MR) is 116 cm³/mol. The summed E-state index contributed by atoms with van der Waals surface area (Å²) < 4.78 is 6.20. The maximum Gasteiger partial charge on any atom is 0.329 e.